The zero-order valence-corrected chi connectivity index (χ0v) is 11.3. The van der Waals surface area contributed by atoms with E-state index in [2.05, 4.69) is 5.32 Å². The van der Waals surface area contributed by atoms with Crippen LogP contribution in [-0.2, 0) is 0 Å². The number of nitrogens with one attached hydrogen (secondary N) is 1. The Balaban J connectivity index is 2.30. The lowest BCUT2D eigenvalue weighted by Gasteiger charge is -2.10. The topological polar surface area (TPSA) is 69.6 Å². The van der Waals surface area contributed by atoms with Gasteiger partial charge in [-0.25, -0.2) is 4.39 Å². The summed E-state index contributed by atoms with van der Waals surface area (Å²) in [6.45, 7) is 0. The van der Waals surface area contributed by atoms with Gasteiger partial charge in [0.1, 0.15) is 5.82 Å². The Hall–Kier alpha value is -1.98. The van der Waals surface area contributed by atoms with Crippen molar-refractivity contribution >= 4 is 34.8 Å². The van der Waals surface area contributed by atoms with E-state index in [0.717, 1.165) is 24.3 Å². The molecule has 7 heteroatoms. The molecule has 0 aromatic heterocycles. The number of halogens is 3. The van der Waals surface area contributed by atoms with Crippen LogP contribution >= 0.6 is 23.2 Å². The summed E-state index contributed by atoms with van der Waals surface area (Å²) in [6, 6.07) is 5.57. The van der Waals surface area contributed by atoms with Crippen molar-refractivity contribution in [1.29, 1.82) is 0 Å². The Kier molecular flexibility index (Phi) is 4.01. The molecular weight excluding hydrogens is 308 g/mol. The molecule has 0 spiro atoms. The second-order valence-corrected chi connectivity index (χ2v) is 4.72. The summed E-state index contributed by atoms with van der Waals surface area (Å²) in [5.41, 5.74) is 0.143. The Morgan fingerprint density at radius 1 is 1.05 bits per heavy atom. The molecule has 0 heterocycles. The van der Waals surface area contributed by atoms with Crippen molar-refractivity contribution in [1.82, 2.24) is 0 Å². The van der Waals surface area contributed by atoms with Gasteiger partial charge in [0.15, 0.2) is 11.5 Å². The summed E-state index contributed by atoms with van der Waals surface area (Å²) in [7, 11) is 0. The summed E-state index contributed by atoms with van der Waals surface area (Å²) in [4.78, 5) is 12.0. The lowest BCUT2D eigenvalue weighted by atomic mass is 10.2. The molecule has 0 atom stereocenters. The number of aromatic hydroxyl groups is 2. The van der Waals surface area contributed by atoms with E-state index in [1.807, 2.05) is 0 Å². The first-order chi connectivity index (χ1) is 9.38. The number of amides is 1. The third-order valence-electron chi connectivity index (χ3n) is 2.48. The minimum atomic E-state index is -0.625. The van der Waals surface area contributed by atoms with Gasteiger partial charge in [-0.1, -0.05) is 23.2 Å². The number of hydrogen-bond donors (Lipinski definition) is 3. The Morgan fingerprint density at radius 3 is 2.20 bits per heavy atom. The van der Waals surface area contributed by atoms with Gasteiger partial charge in [-0.15, -0.1) is 0 Å². The number of carbonyl (C=O) groups is 1. The maximum absolute atomic E-state index is 13.0. The van der Waals surface area contributed by atoms with Gasteiger partial charge in [0, 0.05) is 5.56 Å². The average Bonchev–Trinajstić information content (AvgIpc) is 2.36. The predicted octanol–water partition coefficient (Wildman–Crippen LogP) is 3.80. The van der Waals surface area contributed by atoms with Crippen molar-refractivity contribution in [3.05, 3.63) is 51.8 Å². The first kappa shape index (κ1) is 14.4. The van der Waals surface area contributed by atoms with Gasteiger partial charge in [0.05, 0.1) is 15.7 Å². The minimum absolute atomic E-state index is 0.0497. The number of phenols is 2. The average molecular weight is 316 g/mol. The van der Waals surface area contributed by atoms with E-state index >= 15 is 0 Å². The van der Waals surface area contributed by atoms with Crippen LogP contribution in [0.5, 0.6) is 11.5 Å². The third kappa shape index (κ3) is 2.95. The van der Waals surface area contributed by atoms with Crippen LogP contribution in [-0.4, -0.2) is 16.1 Å². The second kappa shape index (κ2) is 5.56. The monoisotopic (exact) mass is 315 g/mol. The van der Waals surface area contributed by atoms with Crippen LogP contribution in [0.15, 0.2) is 30.3 Å². The zero-order valence-electron chi connectivity index (χ0n) is 9.82. The molecule has 0 unspecified atom stereocenters. The van der Waals surface area contributed by atoms with Gasteiger partial charge in [0.2, 0.25) is 0 Å². The molecule has 2 aromatic rings. The van der Waals surface area contributed by atoms with Crippen LogP contribution in [0.2, 0.25) is 10.0 Å². The van der Waals surface area contributed by atoms with Gasteiger partial charge in [-0.3, -0.25) is 4.79 Å². The Morgan fingerprint density at radius 2 is 1.65 bits per heavy atom. The highest BCUT2D eigenvalue weighted by molar-refractivity contribution is 6.40. The molecule has 2 aromatic carbocycles. The van der Waals surface area contributed by atoms with E-state index in [9.17, 15) is 14.3 Å². The van der Waals surface area contributed by atoms with Gasteiger partial charge in [-0.2, -0.15) is 0 Å². The maximum atomic E-state index is 13.0. The highest BCUT2D eigenvalue weighted by Gasteiger charge is 2.14. The summed E-state index contributed by atoms with van der Waals surface area (Å²) in [5, 5.41) is 20.8. The van der Waals surface area contributed by atoms with Crippen molar-refractivity contribution in [2.75, 3.05) is 5.32 Å². The summed E-state index contributed by atoms with van der Waals surface area (Å²) < 4.78 is 13.0. The predicted molar refractivity (Wildman–Crippen MR) is 74.1 cm³/mol. The van der Waals surface area contributed by atoms with Gasteiger partial charge in [0.25, 0.3) is 5.91 Å². The first-order valence-corrected chi connectivity index (χ1v) is 6.12. The van der Waals surface area contributed by atoms with Crippen LogP contribution in [0.25, 0.3) is 0 Å². The van der Waals surface area contributed by atoms with Gasteiger partial charge < -0.3 is 15.5 Å². The molecule has 3 N–H and O–H groups in total. The van der Waals surface area contributed by atoms with Crippen LogP contribution in [0.4, 0.5) is 10.1 Å². The standard InChI is InChI=1S/C13H8Cl2FNO3/c14-8-4-7(16)5-9(15)12(8)17-13(20)6-1-2-10(18)11(19)3-6/h1-5,18-19H,(H,17,20). The molecule has 0 aliphatic carbocycles. The maximum Gasteiger partial charge on any atom is 0.255 e. The van der Waals surface area contributed by atoms with E-state index in [1.165, 1.54) is 6.07 Å². The number of hydrogen-bond acceptors (Lipinski definition) is 3. The molecule has 1 amide bonds. The fourth-order valence-corrected chi connectivity index (χ4v) is 2.07. The largest absolute Gasteiger partial charge is 0.504 e. The second-order valence-electron chi connectivity index (χ2n) is 3.90. The lowest BCUT2D eigenvalue weighted by molar-refractivity contribution is 0.102. The number of benzene rings is 2. The van der Waals surface area contributed by atoms with Gasteiger partial charge in [-0.05, 0) is 30.3 Å². The minimum Gasteiger partial charge on any atom is -0.504 e. The van der Waals surface area contributed by atoms with E-state index < -0.39 is 17.5 Å². The summed E-state index contributed by atoms with van der Waals surface area (Å²) >= 11 is 11.6. The van der Waals surface area contributed by atoms with Crippen molar-refractivity contribution in [2.45, 2.75) is 0 Å². The molecule has 0 aliphatic heterocycles. The van der Waals surface area contributed by atoms with Crippen LogP contribution < -0.4 is 5.32 Å². The fraction of sp³-hybridized carbons (Fsp3) is 0. The molecule has 0 saturated heterocycles. The number of anilines is 1. The normalized spacial score (nSPS) is 10.3. The fourth-order valence-electron chi connectivity index (χ4n) is 1.51. The van der Waals surface area contributed by atoms with E-state index in [1.54, 1.807) is 0 Å². The van der Waals surface area contributed by atoms with Crippen molar-refractivity contribution in [2.24, 2.45) is 0 Å². The molecular formula is C13H8Cl2FNO3. The molecule has 104 valence electrons. The molecule has 0 saturated carbocycles. The van der Waals surface area contributed by atoms with Crippen molar-refractivity contribution < 1.29 is 19.4 Å². The molecule has 2 rings (SSSR count). The molecule has 0 fully saturated rings. The SMILES string of the molecule is O=C(Nc1c(Cl)cc(F)cc1Cl)c1ccc(O)c(O)c1. The van der Waals surface area contributed by atoms with Crippen LogP contribution in [0.3, 0.4) is 0 Å². The summed E-state index contributed by atoms with van der Waals surface area (Å²) in [5.74, 6) is -2.02. The summed E-state index contributed by atoms with van der Waals surface area (Å²) in [6.07, 6.45) is 0. The smallest absolute Gasteiger partial charge is 0.255 e. The van der Waals surface area contributed by atoms with Crippen LogP contribution in [0.1, 0.15) is 10.4 Å². The number of carbonyl (C=O) groups excluding carboxylic acids is 1. The molecule has 4 nitrogen and oxygen atoms in total. The quantitative estimate of drug-likeness (QED) is 0.738. The van der Waals surface area contributed by atoms with E-state index in [4.69, 9.17) is 28.3 Å². The number of phenolic OH excluding ortho intramolecular Hbond substituents is 2. The molecule has 0 radical (unpaired) electrons. The molecule has 0 bridgehead atoms. The Labute approximate surface area is 123 Å². The van der Waals surface area contributed by atoms with Crippen LogP contribution in [0, 0.1) is 5.82 Å². The number of rotatable bonds is 2. The van der Waals surface area contributed by atoms with Crippen molar-refractivity contribution in [3.8, 4) is 11.5 Å². The third-order valence-corrected chi connectivity index (χ3v) is 3.08. The van der Waals surface area contributed by atoms with E-state index in [-0.39, 0.29) is 27.0 Å². The first-order valence-electron chi connectivity index (χ1n) is 5.36. The zero-order chi connectivity index (χ0) is 14.9. The van der Waals surface area contributed by atoms with E-state index in [0.29, 0.717) is 0 Å². The highest BCUT2D eigenvalue weighted by atomic mass is 35.5. The van der Waals surface area contributed by atoms with Gasteiger partial charge >= 0.3 is 0 Å². The lowest BCUT2D eigenvalue weighted by Crippen LogP contribution is -2.12. The Bertz CT molecular complexity index is 668. The molecule has 0 aliphatic rings. The van der Waals surface area contributed by atoms with Crippen molar-refractivity contribution in [3.63, 3.8) is 0 Å². The highest BCUT2D eigenvalue weighted by Crippen LogP contribution is 2.32. The molecule has 20 heavy (non-hydrogen) atoms.